The van der Waals surface area contributed by atoms with Gasteiger partial charge in [0, 0.05) is 6.42 Å². The number of aromatic amines is 1. The molecule has 3 rings (SSSR count). The van der Waals surface area contributed by atoms with Crippen LogP contribution < -0.4 is 0 Å². The summed E-state index contributed by atoms with van der Waals surface area (Å²) in [7, 11) is 0. The normalized spacial score (nSPS) is 11.1. The number of aromatic nitrogens is 2. The maximum atomic E-state index is 4.70. The second-order valence-corrected chi connectivity index (χ2v) is 5.08. The van der Waals surface area contributed by atoms with Gasteiger partial charge in [-0.15, -0.1) is 0 Å². The Kier molecular flexibility index (Phi) is 3.08. The van der Waals surface area contributed by atoms with Gasteiger partial charge in [-0.2, -0.15) is 0 Å². The zero-order chi connectivity index (χ0) is 13.2. The number of rotatable bonds is 3. The Bertz CT molecular complexity index is 710. The first kappa shape index (κ1) is 12.0. The number of imidazole rings is 1. The molecule has 3 aromatic rings. The van der Waals surface area contributed by atoms with E-state index in [1.165, 1.54) is 16.7 Å². The summed E-state index contributed by atoms with van der Waals surface area (Å²) < 4.78 is 0. The number of H-pyrrole nitrogens is 1. The Balaban J connectivity index is 1.83. The third-order valence-electron chi connectivity index (χ3n) is 3.66. The standard InChI is InChI=1S/C17H18N2/c1-12-6-3-4-8-14(12)10-11-16-18-15-9-5-7-13(2)17(15)19-16/h3-9H,10-11H2,1-2H3,(H,18,19). The topological polar surface area (TPSA) is 28.7 Å². The second kappa shape index (κ2) is 4.88. The largest absolute Gasteiger partial charge is 0.342 e. The molecule has 1 heterocycles. The van der Waals surface area contributed by atoms with Gasteiger partial charge in [0.1, 0.15) is 5.82 Å². The Hall–Kier alpha value is -2.09. The highest BCUT2D eigenvalue weighted by Gasteiger charge is 2.05. The molecule has 0 saturated heterocycles. The predicted octanol–water partition coefficient (Wildman–Crippen LogP) is 3.96. The minimum absolute atomic E-state index is 0.957. The molecule has 2 heteroatoms. The van der Waals surface area contributed by atoms with E-state index in [2.05, 4.69) is 61.3 Å². The van der Waals surface area contributed by atoms with E-state index in [-0.39, 0.29) is 0 Å². The lowest BCUT2D eigenvalue weighted by molar-refractivity contribution is 0.883. The molecule has 0 amide bonds. The lowest BCUT2D eigenvalue weighted by Gasteiger charge is -2.03. The van der Waals surface area contributed by atoms with Crippen LogP contribution in [0.4, 0.5) is 0 Å². The van der Waals surface area contributed by atoms with E-state index in [9.17, 15) is 0 Å². The van der Waals surface area contributed by atoms with Crippen molar-refractivity contribution in [2.24, 2.45) is 0 Å². The molecule has 19 heavy (non-hydrogen) atoms. The van der Waals surface area contributed by atoms with Crippen LogP contribution in [-0.4, -0.2) is 9.97 Å². The van der Waals surface area contributed by atoms with Crippen LogP contribution in [0.25, 0.3) is 11.0 Å². The van der Waals surface area contributed by atoms with Gasteiger partial charge >= 0.3 is 0 Å². The molecule has 2 aromatic carbocycles. The smallest absolute Gasteiger partial charge is 0.107 e. The van der Waals surface area contributed by atoms with Gasteiger partial charge in [0.15, 0.2) is 0 Å². The lowest BCUT2D eigenvalue weighted by atomic mass is 10.0. The lowest BCUT2D eigenvalue weighted by Crippen LogP contribution is -1.95. The zero-order valence-corrected chi connectivity index (χ0v) is 11.4. The average molecular weight is 250 g/mol. The number of hydrogen-bond donors (Lipinski definition) is 1. The molecule has 0 spiro atoms. The van der Waals surface area contributed by atoms with Gasteiger partial charge in [0.25, 0.3) is 0 Å². The number of para-hydroxylation sites is 1. The van der Waals surface area contributed by atoms with Gasteiger partial charge < -0.3 is 4.98 Å². The molecule has 0 atom stereocenters. The molecule has 1 aromatic heterocycles. The van der Waals surface area contributed by atoms with E-state index in [0.717, 1.165) is 29.7 Å². The zero-order valence-electron chi connectivity index (χ0n) is 11.4. The second-order valence-electron chi connectivity index (χ2n) is 5.08. The fraction of sp³-hybridized carbons (Fsp3) is 0.235. The molecule has 96 valence electrons. The highest BCUT2D eigenvalue weighted by atomic mass is 14.9. The van der Waals surface area contributed by atoms with Crippen molar-refractivity contribution in [3.8, 4) is 0 Å². The Morgan fingerprint density at radius 3 is 2.47 bits per heavy atom. The van der Waals surface area contributed by atoms with Crippen LogP contribution in [0.3, 0.4) is 0 Å². The van der Waals surface area contributed by atoms with E-state index in [1.54, 1.807) is 0 Å². The number of benzene rings is 2. The molecule has 0 fully saturated rings. The van der Waals surface area contributed by atoms with Crippen molar-refractivity contribution >= 4 is 11.0 Å². The maximum Gasteiger partial charge on any atom is 0.107 e. The van der Waals surface area contributed by atoms with E-state index in [1.807, 2.05) is 0 Å². The van der Waals surface area contributed by atoms with Crippen molar-refractivity contribution in [3.63, 3.8) is 0 Å². The molecule has 1 N–H and O–H groups in total. The van der Waals surface area contributed by atoms with Crippen molar-refractivity contribution in [1.82, 2.24) is 9.97 Å². The fourth-order valence-electron chi connectivity index (χ4n) is 2.49. The third kappa shape index (κ3) is 2.39. The summed E-state index contributed by atoms with van der Waals surface area (Å²) in [4.78, 5) is 8.12. The molecular formula is C17H18N2. The third-order valence-corrected chi connectivity index (χ3v) is 3.66. The molecule has 0 saturated carbocycles. The first-order valence-corrected chi connectivity index (χ1v) is 6.73. The molecule has 0 radical (unpaired) electrons. The van der Waals surface area contributed by atoms with Crippen molar-refractivity contribution < 1.29 is 0 Å². The number of fused-ring (bicyclic) bond motifs is 1. The Morgan fingerprint density at radius 2 is 1.68 bits per heavy atom. The summed E-state index contributed by atoms with van der Waals surface area (Å²) in [5, 5.41) is 0. The number of aryl methyl sites for hydroxylation is 4. The highest BCUT2D eigenvalue weighted by molar-refractivity contribution is 5.78. The van der Waals surface area contributed by atoms with Crippen LogP contribution in [-0.2, 0) is 12.8 Å². The summed E-state index contributed by atoms with van der Waals surface area (Å²) >= 11 is 0. The van der Waals surface area contributed by atoms with E-state index < -0.39 is 0 Å². The summed E-state index contributed by atoms with van der Waals surface area (Å²) in [6, 6.07) is 14.8. The first-order valence-electron chi connectivity index (χ1n) is 6.73. The Labute approximate surface area is 113 Å². The molecule has 0 bridgehead atoms. The van der Waals surface area contributed by atoms with Gasteiger partial charge in [-0.25, -0.2) is 4.98 Å². The van der Waals surface area contributed by atoms with Crippen molar-refractivity contribution in [3.05, 3.63) is 65.0 Å². The summed E-state index contributed by atoms with van der Waals surface area (Å²) in [6.07, 6.45) is 1.99. The molecule has 2 nitrogen and oxygen atoms in total. The van der Waals surface area contributed by atoms with Gasteiger partial charge in [-0.1, -0.05) is 36.4 Å². The summed E-state index contributed by atoms with van der Waals surface area (Å²) in [6.45, 7) is 4.27. The first-order chi connectivity index (χ1) is 9.24. The molecule has 0 aliphatic rings. The molecular weight excluding hydrogens is 232 g/mol. The quantitative estimate of drug-likeness (QED) is 0.748. The van der Waals surface area contributed by atoms with Crippen molar-refractivity contribution in [2.45, 2.75) is 26.7 Å². The van der Waals surface area contributed by atoms with Crippen LogP contribution in [0.15, 0.2) is 42.5 Å². The van der Waals surface area contributed by atoms with Crippen LogP contribution in [0.5, 0.6) is 0 Å². The predicted molar refractivity (Wildman–Crippen MR) is 79.4 cm³/mol. The van der Waals surface area contributed by atoms with E-state index in [0.29, 0.717) is 0 Å². The average Bonchev–Trinajstić information content (AvgIpc) is 2.82. The number of hydrogen-bond acceptors (Lipinski definition) is 1. The van der Waals surface area contributed by atoms with Crippen molar-refractivity contribution in [2.75, 3.05) is 0 Å². The minimum Gasteiger partial charge on any atom is -0.342 e. The number of nitrogens with zero attached hydrogens (tertiary/aromatic N) is 1. The van der Waals surface area contributed by atoms with Crippen LogP contribution in [0.1, 0.15) is 22.5 Å². The fourth-order valence-corrected chi connectivity index (χ4v) is 2.49. The SMILES string of the molecule is Cc1ccccc1CCc1nc2c(C)cccc2[nH]1. The highest BCUT2D eigenvalue weighted by Crippen LogP contribution is 2.17. The Morgan fingerprint density at radius 1 is 0.895 bits per heavy atom. The molecule has 0 aliphatic carbocycles. The minimum atomic E-state index is 0.957. The summed E-state index contributed by atoms with van der Waals surface area (Å²) in [5.74, 6) is 1.08. The maximum absolute atomic E-state index is 4.70. The van der Waals surface area contributed by atoms with Crippen LogP contribution in [0, 0.1) is 13.8 Å². The number of nitrogens with one attached hydrogen (secondary N) is 1. The summed E-state index contributed by atoms with van der Waals surface area (Å²) in [5.41, 5.74) is 6.23. The van der Waals surface area contributed by atoms with Crippen molar-refractivity contribution in [1.29, 1.82) is 0 Å². The van der Waals surface area contributed by atoms with Gasteiger partial charge in [-0.05, 0) is 43.0 Å². The van der Waals surface area contributed by atoms with Gasteiger partial charge in [-0.3, -0.25) is 0 Å². The van der Waals surface area contributed by atoms with E-state index in [4.69, 9.17) is 4.98 Å². The van der Waals surface area contributed by atoms with Gasteiger partial charge in [0.05, 0.1) is 11.0 Å². The van der Waals surface area contributed by atoms with Gasteiger partial charge in [0.2, 0.25) is 0 Å². The van der Waals surface area contributed by atoms with E-state index >= 15 is 0 Å². The monoisotopic (exact) mass is 250 g/mol. The molecule has 0 aliphatic heterocycles. The van der Waals surface area contributed by atoms with Crippen LogP contribution >= 0.6 is 0 Å². The molecule has 0 unspecified atom stereocenters. The van der Waals surface area contributed by atoms with Crippen LogP contribution in [0.2, 0.25) is 0 Å².